The first kappa shape index (κ1) is 13.0. The smallest absolute Gasteiger partial charge is 0.0693 e. The van der Waals surface area contributed by atoms with Crippen molar-refractivity contribution in [2.75, 3.05) is 19.3 Å². The van der Waals surface area contributed by atoms with Gasteiger partial charge in [0.05, 0.1) is 15.7 Å². The summed E-state index contributed by atoms with van der Waals surface area (Å²) < 4.78 is 0. The number of rotatable bonds is 4. The molecule has 1 saturated carbocycles. The van der Waals surface area contributed by atoms with Gasteiger partial charge in [-0.05, 0) is 43.5 Å². The fourth-order valence-electron chi connectivity index (χ4n) is 2.22. The monoisotopic (exact) mass is 272 g/mol. The normalized spacial score (nSPS) is 16.2. The van der Waals surface area contributed by atoms with E-state index in [1.54, 1.807) is 0 Å². The van der Waals surface area contributed by atoms with Gasteiger partial charge >= 0.3 is 0 Å². The van der Waals surface area contributed by atoms with Crippen LogP contribution >= 0.6 is 23.2 Å². The average Bonchev–Trinajstić information content (AvgIpc) is 2.20. The van der Waals surface area contributed by atoms with Crippen molar-refractivity contribution in [1.82, 2.24) is 4.90 Å². The zero-order valence-electron chi connectivity index (χ0n) is 10.0. The second-order valence-corrected chi connectivity index (χ2v) is 5.78. The van der Waals surface area contributed by atoms with Crippen molar-refractivity contribution >= 4 is 28.9 Å². The van der Waals surface area contributed by atoms with E-state index in [0.717, 1.165) is 24.6 Å². The zero-order chi connectivity index (χ0) is 12.4. The van der Waals surface area contributed by atoms with Crippen molar-refractivity contribution in [3.63, 3.8) is 0 Å². The summed E-state index contributed by atoms with van der Waals surface area (Å²) in [5.74, 6) is 0.875. The van der Waals surface area contributed by atoms with E-state index in [-0.39, 0.29) is 0 Å². The highest BCUT2D eigenvalue weighted by Crippen LogP contribution is 2.30. The van der Waals surface area contributed by atoms with Crippen LogP contribution in [0.2, 0.25) is 10.0 Å². The Morgan fingerprint density at radius 2 is 1.88 bits per heavy atom. The number of anilines is 1. The van der Waals surface area contributed by atoms with Gasteiger partial charge in [-0.25, -0.2) is 0 Å². The lowest BCUT2D eigenvalue weighted by Crippen LogP contribution is -2.29. The Bertz CT molecular complexity index is 379. The summed E-state index contributed by atoms with van der Waals surface area (Å²) >= 11 is 12.0. The molecule has 0 amide bonds. The Morgan fingerprint density at radius 3 is 2.35 bits per heavy atom. The summed E-state index contributed by atoms with van der Waals surface area (Å²) in [6, 6.07) is 3.81. The van der Waals surface area contributed by atoms with Crippen LogP contribution in [0.1, 0.15) is 24.8 Å². The van der Waals surface area contributed by atoms with Gasteiger partial charge < -0.3 is 10.6 Å². The number of benzene rings is 1. The lowest BCUT2D eigenvalue weighted by atomic mass is 9.85. The third kappa shape index (κ3) is 3.27. The van der Waals surface area contributed by atoms with Gasteiger partial charge in [-0.15, -0.1) is 0 Å². The summed E-state index contributed by atoms with van der Waals surface area (Å²) in [7, 11) is 2.14. The van der Waals surface area contributed by atoms with Gasteiger partial charge in [-0.3, -0.25) is 0 Å². The van der Waals surface area contributed by atoms with Gasteiger partial charge in [0.1, 0.15) is 0 Å². The van der Waals surface area contributed by atoms with Crippen LogP contribution in [0, 0.1) is 5.92 Å². The van der Waals surface area contributed by atoms with Crippen molar-refractivity contribution in [2.45, 2.75) is 25.8 Å². The summed E-state index contributed by atoms with van der Waals surface area (Å²) in [5.41, 5.74) is 7.31. The summed E-state index contributed by atoms with van der Waals surface area (Å²) in [6.45, 7) is 2.02. The van der Waals surface area contributed by atoms with Crippen molar-refractivity contribution in [2.24, 2.45) is 5.92 Å². The molecule has 17 heavy (non-hydrogen) atoms. The second kappa shape index (κ2) is 5.47. The number of hydrogen-bond donors (Lipinski definition) is 1. The van der Waals surface area contributed by atoms with Crippen molar-refractivity contribution in [1.29, 1.82) is 0 Å². The van der Waals surface area contributed by atoms with E-state index in [0.29, 0.717) is 15.7 Å². The quantitative estimate of drug-likeness (QED) is 0.845. The van der Waals surface area contributed by atoms with Crippen LogP contribution in [0.15, 0.2) is 12.1 Å². The molecule has 2 nitrogen and oxygen atoms in total. The third-order valence-electron chi connectivity index (χ3n) is 3.39. The van der Waals surface area contributed by atoms with Gasteiger partial charge in [0.2, 0.25) is 0 Å². The molecule has 4 heteroatoms. The summed E-state index contributed by atoms with van der Waals surface area (Å²) in [5, 5.41) is 1.09. The molecule has 0 aromatic heterocycles. The van der Waals surface area contributed by atoms with Crippen LogP contribution in [-0.4, -0.2) is 18.5 Å². The van der Waals surface area contributed by atoms with Crippen LogP contribution in [0.3, 0.4) is 0 Å². The number of halogens is 2. The number of nitrogens with zero attached hydrogens (tertiary/aromatic N) is 1. The molecule has 1 aliphatic carbocycles. The molecule has 0 radical (unpaired) electrons. The molecule has 0 aliphatic heterocycles. The largest absolute Gasteiger partial charge is 0.396 e. The Morgan fingerprint density at radius 1 is 1.29 bits per heavy atom. The number of hydrogen-bond acceptors (Lipinski definition) is 2. The Hall–Kier alpha value is -0.440. The van der Waals surface area contributed by atoms with E-state index in [1.807, 2.05) is 12.1 Å². The summed E-state index contributed by atoms with van der Waals surface area (Å²) in [4.78, 5) is 2.32. The molecule has 1 fully saturated rings. The Balaban J connectivity index is 1.97. The molecule has 0 bridgehead atoms. The van der Waals surface area contributed by atoms with Gasteiger partial charge in [-0.2, -0.15) is 0 Å². The second-order valence-electron chi connectivity index (χ2n) is 4.97. The fraction of sp³-hybridized carbons (Fsp3) is 0.538. The average molecular weight is 273 g/mol. The molecule has 0 unspecified atom stereocenters. The topological polar surface area (TPSA) is 29.3 Å². The highest BCUT2D eigenvalue weighted by molar-refractivity contribution is 6.38. The number of nitrogens with two attached hydrogens (primary N) is 1. The lowest BCUT2D eigenvalue weighted by molar-refractivity contribution is 0.200. The lowest BCUT2D eigenvalue weighted by Gasteiger charge is -2.30. The zero-order valence-corrected chi connectivity index (χ0v) is 11.6. The predicted molar refractivity (Wildman–Crippen MR) is 74.5 cm³/mol. The van der Waals surface area contributed by atoms with Gasteiger partial charge in [0.25, 0.3) is 0 Å². The fourth-order valence-corrected chi connectivity index (χ4v) is 2.75. The van der Waals surface area contributed by atoms with Crippen LogP contribution in [0.5, 0.6) is 0 Å². The van der Waals surface area contributed by atoms with Gasteiger partial charge in [0, 0.05) is 13.1 Å². The van der Waals surface area contributed by atoms with E-state index < -0.39 is 0 Å². The first-order chi connectivity index (χ1) is 8.06. The van der Waals surface area contributed by atoms with Crippen LogP contribution < -0.4 is 5.73 Å². The molecule has 0 spiro atoms. The van der Waals surface area contributed by atoms with E-state index in [4.69, 9.17) is 28.9 Å². The first-order valence-electron chi connectivity index (χ1n) is 5.98. The SMILES string of the molecule is CN(Cc1cc(Cl)c(N)c(Cl)c1)CC1CCC1. The van der Waals surface area contributed by atoms with E-state index in [2.05, 4.69) is 11.9 Å². The first-order valence-corrected chi connectivity index (χ1v) is 6.74. The predicted octanol–water partition coefficient (Wildman–Crippen LogP) is 3.81. The van der Waals surface area contributed by atoms with Crippen molar-refractivity contribution in [3.05, 3.63) is 27.7 Å². The molecular weight excluding hydrogens is 255 g/mol. The maximum atomic E-state index is 6.02. The van der Waals surface area contributed by atoms with E-state index in [9.17, 15) is 0 Å². The maximum absolute atomic E-state index is 6.02. The third-order valence-corrected chi connectivity index (χ3v) is 4.01. The molecule has 0 heterocycles. The van der Waals surface area contributed by atoms with E-state index >= 15 is 0 Å². The van der Waals surface area contributed by atoms with Crippen LogP contribution in [0.25, 0.3) is 0 Å². The Kier molecular flexibility index (Phi) is 4.18. The van der Waals surface area contributed by atoms with Crippen LogP contribution in [0.4, 0.5) is 5.69 Å². The maximum Gasteiger partial charge on any atom is 0.0693 e. The highest BCUT2D eigenvalue weighted by atomic mass is 35.5. The molecule has 0 atom stereocenters. The molecule has 2 N–H and O–H groups in total. The van der Waals surface area contributed by atoms with E-state index in [1.165, 1.54) is 19.3 Å². The minimum absolute atomic E-state index is 0.471. The minimum atomic E-state index is 0.471. The molecule has 1 aliphatic rings. The minimum Gasteiger partial charge on any atom is -0.396 e. The molecule has 1 aromatic carbocycles. The molecular formula is C13H18Cl2N2. The van der Waals surface area contributed by atoms with Crippen LogP contribution in [-0.2, 0) is 6.54 Å². The summed E-state index contributed by atoms with van der Waals surface area (Å²) in [6.07, 6.45) is 4.12. The Labute approximate surface area is 113 Å². The van der Waals surface area contributed by atoms with Crippen molar-refractivity contribution in [3.8, 4) is 0 Å². The van der Waals surface area contributed by atoms with Crippen molar-refractivity contribution < 1.29 is 0 Å². The van der Waals surface area contributed by atoms with Gasteiger partial charge in [-0.1, -0.05) is 29.6 Å². The number of nitrogen functional groups attached to an aromatic ring is 1. The molecule has 2 rings (SSSR count). The molecule has 1 aromatic rings. The van der Waals surface area contributed by atoms with Gasteiger partial charge in [0.15, 0.2) is 0 Å². The standard InChI is InChI=1S/C13H18Cl2N2/c1-17(7-9-3-2-4-9)8-10-5-11(14)13(16)12(15)6-10/h5-6,9H,2-4,7-8,16H2,1H3. The highest BCUT2D eigenvalue weighted by Gasteiger charge is 2.19. The molecule has 0 saturated heterocycles. The molecule has 94 valence electrons.